The summed E-state index contributed by atoms with van der Waals surface area (Å²) in [6, 6.07) is 1.90. The smallest absolute Gasteiger partial charge is 0.159 e. The molecule has 2 aliphatic heterocycles. The summed E-state index contributed by atoms with van der Waals surface area (Å²) < 4.78 is 7.88. The van der Waals surface area contributed by atoms with Gasteiger partial charge in [0.2, 0.25) is 0 Å². The van der Waals surface area contributed by atoms with Crippen LogP contribution in [0.1, 0.15) is 18.4 Å². The Bertz CT molecular complexity index is 609. The first kappa shape index (κ1) is 13.2. The van der Waals surface area contributed by atoms with Crippen molar-refractivity contribution in [3.8, 4) is 0 Å². The van der Waals surface area contributed by atoms with Gasteiger partial charge in [0.25, 0.3) is 0 Å². The van der Waals surface area contributed by atoms with Crippen LogP contribution < -0.4 is 5.32 Å². The van der Waals surface area contributed by atoms with Crippen LogP contribution >= 0.6 is 0 Å². The number of piperidine rings is 1. The highest BCUT2D eigenvalue weighted by Crippen LogP contribution is 2.28. The number of nitrogens with zero attached hydrogens (tertiary/aromatic N) is 4. The lowest BCUT2D eigenvalue weighted by atomic mass is 9.90. The number of hydrogen-bond donors (Lipinski definition) is 1. The molecule has 0 aromatic carbocycles. The fraction of sp³-hybridized carbons (Fsp3) is 0.600. The Morgan fingerprint density at radius 1 is 1.33 bits per heavy atom. The van der Waals surface area contributed by atoms with Crippen molar-refractivity contribution in [2.45, 2.75) is 25.0 Å². The van der Waals surface area contributed by atoms with Crippen LogP contribution in [0, 0.1) is 0 Å². The van der Waals surface area contributed by atoms with Crippen molar-refractivity contribution in [1.82, 2.24) is 24.8 Å². The number of nitrogens with one attached hydrogen (secondary N) is 1. The topological polar surface area (TPSA) is 54.7 Å². The Labute approximate surface area is 124 Å². The number of fused-ring (bicyclic) bond motifs is 1. The normalized spacial score (nSPS) is 22.9. The van der Waals surface area contributed by atoms with Gasteiger partial charge in [0.1, 0.15) is 0 Å². The zero-order valence-electron chi connectivity index (χ0n) is 12.2. The van der Waals surface area contributed by atoms with E-state index in [1.54, 1.807) is 0 Å². The molecule has 0 unspecified atom stereocenters. The fourth-order valence-corrected chi connectivity index (χ4v) is 3.38. The predicted octanol–water partition coefficient (Wildman–Crippen LogP) is 0.684. The van der Waals surface area contributed by atoms with E-state index in [0.717, 1.165) is 57.8 Å². The van der Waals surface area contributed by atoms with Crippen LogP contribution in [-0.4, -0.2) is 57.9 Å². The molecule has 0 bridgehead atoms. The lowest BCUT2D eigenvalue weighted by Gasteiger charge is -2.44. The molecule has 1 spiro atoms. The van der Waals surface area contributed by atoms with E-state index in [-0.39, 0.29) is 5.60 Å². The maximum Gasteiger partial charge on any atom is 0.159 e. The third kappa shape index (κ3) is 2.54. The average Bonchev–Trinajstić information content (AvgIpc) is 2.94. The molecule has 4 rings (SSSR count). The molecule has 1 N–H and O–H groups in total. The van der Waals surface area contributed by atoms with E-state index in [4.69, 9.17) is 4.74 Å². The zero-order valence-corrected chi connectivity index (χ0v) is 12.2. The van der Waals surface area contributed by atoms with Gasteiger partial charge in [-0.15, -0.1) is 0 Å². The van der Waals surface area contributed by atoms with E-state index in [1.165, 1.54) is 5.56 Å². The fourth-order valence-electron chi connectivity index (χ4n) is 3.38. The molecule has 0 saturated carbocycles. The molecule has 2 fully saturated rings. The van der Waals surface area contributed by atoms with E-state index in [2.05, 4.69) is 20.3 Å². The van der Waals surface area contributed by atoms with Gasteiger partial charge in [0.05, 0.1) is 18.4 Å². The van der Waals surface area contributed by atoms with E-state index in [1.807, 2.05) is 29.2 Å². The Balaban J connectivity index is 1.42. The lowest BCUT2D eigenvalue weighted by Crippen LogP contribution is -2.55. The number of likely N-dealkylation sites (tertiary alicyclic amines) is 1. The molecule has 2 saturated heterocycles. The van der Waals surface area contributed by atoms with E-state index in [0.29, 0.717) is 0 Å². The van der Waals surface area contributed by atoms with Gasteiger partial charge in [-0.3, -0.25) is 4.90 Å². The number of morpholine rings is 1. The van der Waals surface area contributed by atoms with Crippen molar-refractivity contribution >= 4 is 5.65 Å². The summed E-state index contributed by atoms with van der Waals surface area (Å²) in [7, 11) is 0. The van der Waals surface area contributed by atoms with Crippen LogP contribution in [0.4, 0.5) is 0 Å². The Morgan fingerprint density at radius 2 is 2.24 bits per heavy atom. The summed E-state index contributed by atoms with van der Waals surface area (Å²) in [6.07, 6.45) is 7.91. The third-order valence-corrected chi connectivity index (χ3v) is 4.65. The quantitative estimate of drug-likeness (QED) is 0.880. The first-order chi connectivity index (χ1) is 10.3. The van der Waals surface area contributed by atoms with Crippen LogP contribution in [-0.2, 0) is 11.3 Å². The van der Waals surface area contributed by atoms with Crippen LogP contribution in [0.2, 0.25) is 0 Å². The molecular weight excluding hydrogens is 266 g/mol. The highest BCUT2D eigenvalue weighted by Gasteiger charge is 2.36. The molecule has 4 heterocycles. The zero-order chi connectivity index (χ0) is 14.1. The summed E-state index contributed by atoms with van der Waals surface area (Å²) in [4.78, 5) is 6.91. The van der Waals surface area contributed by atoms with Crippen molar-refractivity contribution < 1.29 is 4.74 Å². The maximum atomic E-state index is 6.04. The largest absolute Gasteiger partial charge is 0.372 e. The molecule has 2 aliphatic rings. The van der Waals surface area contributed by atoms with Gasteiger partial charge in [-0.05, 0) is 18.9 Å². The highest BCUT2D eigenvalue weighted by atomic mass is 16.5. The molecule has 112 valence electrons. The van der Waals surface area contributed by atoms with Crippen molar-refractivity contribution in [3.05, 3.63) is 30.2 Å². The molecule has 2 aromatic rings. The summed E-state index contributed by atoms with van der Waals surface area (Å²) in [5.41, 5.74) is 2.25. The standard InChI is InChI=1S/C15H21N5O/c1-4-17-14-13(10-18-20(14)6-1)11-19-7-2-15(3-8-19)12-16-5-9-21-15/h1,4,6,10,16H,2-3,5,7-9,11-12H2. The third-order valence-electron chi connectivity index (χ3n) is 4.65. The van der Waals surface area contributed by atoms with Crippen LogP contribution in [0.25, 0.3) is 5.65 Å². The average molecular weight is 287 g/mol. The van der Waals surface area contributed by atoms with E-state index in [9.17, 15) is 0 Å². The minimum atomic E-state index is 0.0775. The van der Waals surface area contributed by atoms with Crippen LogP contribution in [0.3, 0.4) is 0 Å². The van der Waals surface area contributed by atoms with Crippen LogP contribution in [0.15, 0.2) is 24.7 Å². The number of ether oxygens (including phenoxy) is 1. The number of rotatable bonds is 2. The summed E-state index contributed by atoms with van der Waals surface area (Å²) >= 11 is 0. The number of hydrogen-bond acceptors (Lipinski definition) is 5. The number of aromatic nitrogens is 3. The predicted molar refractivity (Wildman–Crippen MR) is 79.1 cm³/mol. The summed E-state index contributed by atoms with van der Waals surface area (Å²) in [5, 5.41) is 7.82. The maximum absolute atomic E-state index is 6.04. The summed E-state index contributed by atoms with van der Waals surface area (Å²) in [6.45, 7) is 5.90. The van der Waals surface area contributed by atoms with Gasteiger partial charge < -0.3 is 10.1 Å². The second kappa shape index (κ2) is 5.36. The van der Waals surface area contributed by atoms with Crippen molar-refractivity contribution in [2.75, 3.05) is 32.8 Å². The van der Waals surface area contributed by atoms with E-state index >= 15 is 0 Å². The van der Waals surface area contributed by atoms with Gasteiger partial charge in [-0.2, -0.15) is 5.10 Å². The first-order valence-electron chi connectivity index (χ1n) is 7.69. The van der Waals surface area contributed by atoms with Gasteiger partial charge >= 0.3 is 0 Å². The van der Waals surface area contributed by atoms with Crippen molar-refractivity contribution in [1.29, 1.82) is 0 Å². The van der Waals surface area contributed by atoms with Crippen LogP contribution in [0.5, 0.6) is 0 Å². The van der Waals surface area contributed by atoms with Gasteiger partial charge in [0.15, 0.2) is 5.65 Å². The molecular formula is C15H21N5O. The minimum absolute atomic E-state index is 0.0775. The molecule has 0 atom stereocenters. The van der Waals surface area contributed by atoms with Gasteiger partial charge in [0, 0.05) is 50.7 Å². The second-order valence-electron chi connectivity index (χ2n) is 6.04. The molecule has 21 heavy (non-hydrogen) atoms. The second-order valence-corrected chi connectivity index (χ2v) is 6.04. The van der Waals surface area contributed by atoms with E-state index < -0.39 is 0 Å². The molecule has 0 amide bonds. The Kier molecular flexibility index (Phi) is 3.37. The summed E-state index contributed by atoms with van der Waals surface area (Å²) in [5.74, 6) is 0. The van der Waals surface area contributed by atoms with Crippen molar-refractivity contribution in [2.24, 2.45) is 0 Å². The molecule has 6 nitrogen and oxygen atoms in total. The van der Waals surface area contributed by atoms with Gasteiger partial charge in [-0.1, -0.05) is 0 Å². The Hall–Kier alpha value is -1.50. The van der Waals surface area contributed by atoms with Gasteiger partial charge in [-0.25, -0.2) is 9.50 Å². The lowest BCUT2D eigenvalue weighted by molar-refractivity contribution is -0.100. The molecule has 6 heteroatoms. The highest BCUT2D eigenvalue weighted by molar-refractivity contribution is 5.45. The Morgan fingerprint density at radius 3 is 3.05 bits per heavy atom. The molecule has 0 radical (unpaired) electrons. The first-order valence-corrected chi connectivity index (χ1v) is 7.69. The minimum Gasteiger partial charge on any atom is -0.372 e. The molecule has 0 aliphatic carbocycles. The molecule has 2 aromatic heterocycles. The monoisotopic (exact) mass is 287 g/mol. The van der Waals surface area contributed by atoms with Crippen molar-refractivity contribution in [3.63, 3.8) is 0 Å². The SMILES string of the molecule is c1cnc2c(CN3CCC4(CC3)CNCCO4)cnn2c1.